The Hall–Kier alpha value is -2.67. The van der Waals surface area contributed by atoms with E-state index < -0.39 is 15.8 Å². The summed E-state index contributed by atoms with van der Waals surface area (Å²) >= 11 is 0. The first-order valence-corrected chi connectivity index (χ1v) is 8.37. The van der Waals surface area contributed by atoms with Crippen LogP contribution >= 0.6 is 0 Å². The number of halogens is 1. The topological polar surface area (TPSA) is 64.0 Å². The van der Waals surface area contributed by atoms with E-state index in [4.69, 9.17) is 0 Å². The minimum absolute atomic E-state index is 0.119. The fourth-order valence-corrected chi connectivity index (χ4v) is 3.30. The van der Waals surface area contributed by atoms with E-state index in [9.17, 15) is 12.8 Å². The largest absolute Gasteiger partial charge is 0.279 e. The van der Waals surface area contributed by atoms with Crippen molar-refractivity contribution in [2.45, 2.75) is 11.4 Å². The number of sulfonamides is 1. The molecule has 0 radical (unpaired) electrons. The zero-order valence-electron chi connectivity index (χ0n) is 12.1. The highest BCUT2D eigenvalue weighted by Gasteiger charge is 2.16. The Labute approximate surface area is 133 Å². The number of anilines is 1. The van der Waals surface area contributed by atoms with Gasteiger partial charge in [-0.05, 0) is 35.9 Å². The molecule has 1 N–H and O–H groups in total. The third-order valence-corrected chi connectivity index (χ3v) is 4.62. The molecule has 5 nitrogen and oxygen atoms in total. The summed E-state index contributed by atoms with van der Waals surface area (Å²) in [5.74, 6) is -0.599. The van der Waals surface area contributed by atoms with Gasteiger partial charge in [0.25, 0.3) is 10.0 Å². The van der Waals surface area contributed by atoms with Crippen molar-refractivity contribution in [3.8, 4) is 0 Å². The molecule has 0 amide bonds. The molecule has 0 aliphatic rings. The highest BCUT2D eigenvalue weighted by Crippen LogP contribution is 2.21. The summed E-state index contributed by atoms with van der Waals surface area (Å²) in [4.78, 5) is -0.119. The highest BCUT2D eigenvalue weighted by molar-refractivity contribution is 7.92. The maximum atomic E-state index is 13.3. The van der Waals surface area contributed by atoms with E-state index in [2.05, 4.69) is 9.82 Å². The monoisotopic (exact) mass is 331 g/mol. The number of hydrogen-bond donors (Lipinski definition) is 1. The van der Waals surface area contributed by atoms with E-state index >= 15 is 0 Å². The second-order valence-corrected chi connectivity index (χ2v) is 6.61. The number of nitrogens with one attached hydrogen (secondary N) is 1. The Balaban J connectivity index is 1.91. The number of hydrogen-bond acceptors (Lipinski definition) is 3. The molecule has 1 aromatic heterocycles. The van der Waals surface area contributed by atoms with E-state index in [0.717, 1.165) is 11.6 Å². The van der Waals surface area contributed by atoms with Gasteiger partial charge >= 0.3 is 0 Å². The third kappa shape index (κ3) is 3.57. The highest BCUT2D eigenvalue weighted by atomic mass is 32.2. The van der Waals surface area contributed by atoms with Crippen molar-refractivity contribution >= 4 is 15.7 Å². The minimum Gasteiger partial charge on any atom is -0.279 e. The van der Waals surface area contributed by atoms with Crippen molar-refractivity contribution < 1.29 is 12.8 Å². The summed E-state index contributed by atoms with van der Waals surface area (Å²) in [6.07, 6.45) is 3.44. The minimum atomic E-state index is -3.86. The van der Waals surface area contributed by atoms with Crippen LogP contribution in [0.3, 0.4) is 0 Å². The lowest BCUT2D eigenvalue weighted by Gasteiger charge is -2.13. The average Bonchev–Trinajstić information content (AvgIpc) is 3.02. The molecule has 1 heterocycles. The second kappa shape index (κ2) is 6.21. The molecule has 0 aliphatic heterocycles. The zero-order chi connectivity index (χ0) is 16.3. The average molecular weight is 331 g/mol. The van der Waals surface area contributed by atoms with E-state index in [1.54, 1.807) is 35.3 Å². The number of benzene rings is 2. The molecule has 3 rings (SSSR count). The Morgan fingerprint density at radius 1 is 1.09 bits per heavy atom. The number of aromatic nitrogens is 2. The fraction of sp³-hybridized carbons (Fsp3) is 0.0625. The number of rotatable bonds is 5. The first-order valence-electron chi connectivity index (χ1n) is 6.88. The van der Waals surface area contributed by atoms with Gasteiger partial charge in [0, 0.05) is 12.4 Å². The molecule has 23 heavy (non-hydrogen) atoms. The van der Waals surface area contributed by atoms with Crippen molar-refractivity contribution in [2.75, 3.05) is 4.72 Å². The van der Waals surface area contributed by atoms with Crippen LogP contribution in [-0.2, 0) is 16.6 Å². The molecular formula is C16H14FN3O2S. The van der Waals surface area contributed by atoms with Gasteiger partial charge in [-0.3, -0.25) is 9.40 Å². The molecule has 0 unspecified atom stereocenters. The van der Waals surface area contributed by atoms with E-state index in [1.807, 2.05) is 12.1 Å². The molecule has 3 aromatic rings. The van der Waals surface area contributed by atoms with Gasteiger partial charge in [0.05, 0.1) is 17.1 Å². The standard InChI is InChI=1S/C16H14FN3O2S/c17-14-6-3-7-15(11-14)23(21,22)19-16-8-2-1-5-13(16)12-20-10-4-9-18-20/h1-11,19H,12H2. The molecule has 0 aliphatic carbocycles. The van der Waals surface area contributed by atoms with Crippen molar-refractivity contribution in [1.29, 1.82) is 0 Å². The Bertz CT molecular complexity index is 909. The van der Waals surface area contributed by atoms with Crippen LogP contribution < -0.4 is 4.72 Å². The predicted molar refractivity (Wildman–Crippen MR) is 85.0 cm³/mol. The first kappa shape index (κ1) is 15.2. The van der Waals surface area contributed by atoms with E-state index in [1.165, 1.54) is 18.2 Å². The molecule has 0 saturated heterocycles. The third-order valence-electron chi connectivity index (χ3n) is 3.26. The SMILES string of the molecule is O=S(=O)(Nc1ccccc1Cn1cccn1)c1cccc(F)c1. The van der Waals surface area contributed by atoms with Gasteiger partial charge in [0.15, 0.2) is 0 Å². The summed E-state index contributed by atoms with van der Waals surface area (Å²) in [5, 5.41) is 4.11. The molecule has 0 atom stereocenters. The predicted octanol–water partition coefficient (Wildman–Crippen LogP) is 2.87. The molecular weight excluding hydrogens is 317 g/mol. The van der Waals surface area contributed by atoms with Gasteiger partial charge in [-0.15, -0.1) is 0 Å². The van der Waals surface area contributed by atoms with Gasteiger partial charge in [0.1, 0.15) is 5.82 Å². The normalized spacial score (nSPS) is 11.3. The van der Waals surface area contributed by atoms with Crippen LogP contribution in [0, 0.1) is 5.82 Å². The van der Waals surface area contributed by atoms with E-state index in [-0.39, 0.29) is 4.90 Å². The summed E-state index contributed by atoms with van der Waals surface area (Å²) in [5.41, 5.74) is 1.20. The molecule has 7 heteroatoms. The van der Waals surface area contributed by atoms with Crippen LogP contribution in [0.25, 0.3) is 0 Å². The zero-order valence-corrected chi connectivity index (χ0v) is 12.9. The van der Waals surface area contributed by atoms with E-state index in [0.29, 0.717) is 12.2 Å². The molecule has 0 fully saturated rings. The number of para-hydroxylation sites is 1. The Morgan fingerprint density at radius 2 is 1.91 bits per heavy atom. The van der Waals surface area contributed by atoms with Gasteiger partial charge in [-0.1, -0.05) is 24.3 Å². The lowest BCUT2D eigenvalue weighted by Crippen LogP contribution is -2.15. The molecule has 0 bridgehead atoms. The maximum Gasteiger partial charge on any atom is 0.262 e. The van der Waals surface area contributed by atoms with Crippen molar-refractivity contribution in [3.63, 3.8) is 0 Å². The van der Waals surface area contributed by atoms with Crippen molar-refractivity contribution in [3.05, 3.63) is 78.4 Å². The van der Waals surface area contributed by atoms with Gasteiger partial charge in [-0.2, -0.15) is 5.10 Å². The molecule has 118 valence electrons. The smallest absolute Gasteiger partial charge is 0.262 e. The Kier molecular flexibility index (Phi) is 4.12. The number of nitrogens with zero attached hydrogens (tertiary/aromatic N) is 2. The molecule has 0 saturated carbocycles. The van der Waals surface area contributed by atoms with Crippen LogP contribution in [0.4, 0.5) is 10.1 Å². The lowest BCUT2D eigenvalue weighted by molar-refractivity contribution is 0.595. The van der Waals surface area contributed by atoms with Crippen LogP contribution in [0.2, 0.25) is 0 Å². The van der Waals surface area contributed by atoms with Crippen LogP contribution in [-0.4, -0.2) is 18.2 Å². The lowest BCUT2D eigenvalue weighted by atomic mass is 10.2. The van der Waals surface area contributed by atoms with Gasteiger partial charge in [-0.25, -0.2) is 12.8 Å². The van der Waals surface area contributed by atoms with Crippen molar-refractivity contribution in [2.24, 2.45) is 0 Å². The fourth-order valence-electron chi connectivity index (χ4n) is 2.16. The summed E-state index contributed by atoms with van der Waals surface area (Å²) < 4.78 is 42.3. The maximum absolute atomic E-state index is 13.3. The summed E-state index contributed by atoms with van der Waals surface area (Å²) in [6.45, 7) is 0.425. The quantitative estimate of drug-likeness (QED) is 0.782. The van der Waals surface area contributed by atoms with Crippen LogP contribution in [0.15, 0.2) is 71.9 Å². The summed E-state index contributed by atoms with van der Waals surface area (Å²) in [7, 11) is -3.86. The molecule has 0 spiro atoms. The van der Waals surface area contributed by atoms with Gasteiger partial charge < -0.3 is 0 Å². The first-order chi connectivity index (χ1) is 11.0. The second-order valence-electron chi connectivity index (χ2n) is 4.92. The van der Waals surface area contributed by atoms with Crippen molar-refractivity contribution in [1.82, 2.24) is 9.78 Å². The van der Waals surface area contributed by atoms with Crippen LogP contribution in [0.1, 0.15) is 5.56 Å². The Morgan fingerprint density at radius 3 is 2.65 bits per heavy atom. The summed E-state index contributed by atoms with van der Waals surface area (Å²) in [6, 6.07) is 13.7. The van der Waals surface area contributed by atoms with Crippen LogP contribution in [0.5, 0.6) is 0 Å². The van der Waals surface area contributed by atoms with Gasteiger partial charge in [0.2, 0.25) is 0 Å². The molecule has 2 aromatic carbocycles.